The van der Waals surface area contributed by atoms with E-state index in [4.69, 9.17) is 10.3 Å². The molecule has 20 heavy (non-hydrogen) atoms. The zero-order chi connectivity index (χ0) is 15.1. The number of hydrogen-bond acceptors (Lipinski definition) is 5. The molecule has 1 unspecified atom stereocenters. The molecule has 0 aliphatic rings. The number of aromatic nitrogens is 1. The Morgan fingerprint density at radius 3 is 2.80 bits per heavy atom. The molecular weight excluding hydrogens is 260 g/mol. The van der Waals surface area contributed by atoms with Crippen LogP contribution in [0.15, 0.2) is 10.6 Å². The molecule has 1 heterocycles. The van der Waals surface area contributed by atoms with E-state index >= 15 is 0 Å². The van der Waals surface area contributed by atoms with Gasteiger partial charge in [0.05, 0.1) is 12.6 Å². The second-order valence-corrected chi connectivity index (χ2v) is 4.81. The normalized spacial score (nSPS) is 12.0. The van der Waals surface area contributed by atoms with Gasteiger partial charge in [-0.2, -0.15) is 0 Å². The van der Waals surface area contributed by atoms with E-state index in [1.807, 2.05) is 6.92 Å². The van der Waals surface area contributed by atoms with Crippen LogP contribution < -0.4 is 11.1 Å². The van der Waals surface area contributed by atoms with Crippen LogP contribution in [-0.2, 0) is 9.59 Å². The van der Waals surface area contributed by atoms with Gasteiger partial charge in [0.1, 0.15) is 5.76 Å². The molecule has 2 amide bonds. The van der Waals surface area contributed by atoms with Crippen molar-refractivity contribution >= 4 is 17.6 Å². The molecule has 0 aromatic carbocycles. The van der Waals surface area contributed by atoms with Crippen molar-refractivity contribution in [3.05, 3.63) is 11.8 Å². The number of rotatable bonds is 7. The predicted octanol–water partition coefficient (Wildman–Crippen LogP) is 0.897. The summed E-state index contributed by atoms with van der Waals surface area (Å²) < 4.78 is 4.84. The number of nitrogens with one attached hydrogen (secondary N) is 1. The summed E-state index contributed by atoms with van der Waals surface area (Å²) in [6.45, 7) is 3.70. The van der Waals surface area contributed by atoms with Crippen LogP contribution in [0, 0.1) is 6.92 Å². The maximum atomic E-state index is 11.9. The van der Waals surface area contributed by atoms with E-state index in [9.17, 15) is 9.59 Å². The average Bonchev–Trinajstić information content (AvgIpc) is 2.79. The topological polar surface area (TPSA) is 101 Å². The molecule has 0 aliphatic carbocycles. The lowest BCUT2D eigenvalue weighted by atomic mass is 10.1. The van der Waals surface area contributed by atoms with Crippen molar-refractivity contribution in [3.8, 4) is 0 Å². The molecule has 7 nitrogen and oxygen atoms in total. The van der Waals surface area contributed by atoms with Crippen molar-refractivity contribution in [3.63, 3.8) is 0 Å². The minimum absolute atomic E-state index is 0.0649. The molecule has 0 saturated heterocycles. The van der Waals surface area contributed by atoms with Gasteiger partial charge in [-0.3, -0.25) is 9.59 Å². The Balaban J connectivity index is 2.42. The summed E-state index contributed by atoms with van der Waals surface area (Å²) in [4.78, 5) is 25.0. The van der Waals surface area contributed by atoms with E-state index in [2.05, 4.69) is 10.5 Å². The number of carbonyl (C=O) groups is 2. The molecule has 0 radical (unpaired) electrons. The molecule has 1 atom stereocenters. The summed E-state index contributed by atoms with van der Waals surface area (Å²) in [6, 6.07) is 1.05. The first-order valence-electron chi connectivity index (χ1n) is 6.67. The quantitative estimate of drug-likeness (QED) is 0.773. The van der Waals surface area contributed by atoms with E-state index in [0.717, 1.165) is 12.8 Å². The largest absolute Gasteiger partial charge is 0.360 e. The lowest BCUT2D eigenvalue weighted by Gasteiger charge is -2.20. The Labute approximate surface area is 118 Å². The smallest absolute Gasteiger partial charge is 0.245 e. The van der Waals surface area contributed by atoms with Gasteiger partial charge in [-0.1, -0.05) is 24.9 Å². The molecule has 0 fully saturated rings. The summed E-state index contributed by atoms with van der Waals surface area (Å²) in [6.07, 6.45) is 2.51. The van der Waals surface area contributed by atoms with Crippen molar-refractivity contribution in [2.45, 2.75) is 39.2 Å². The number of hydrogen-bond donors (Lipinski definition) is 2. The van der Waals surface area contributed by atoms with Gasteiger partial charge in [-0.25, -0.2) is 0 Å². The van der Waals surface area contributed by atoms with Gasteiger partial charge in [0.2, 0.25) is 11.8 Å². The summed E-state index contributed by atoms with van der Waals surface area (Å²) in [7, 11) is 1.56. The molecule has 3 N–H and O–H groups in total. The highest BCUT2D eigenvalue weighted by Gasteiger charge is 2.19. The number of amides is 2. The van der Waals surface area contributed by atoms with Crippen molar-refractivity contribution in [1.29, 1.82) is 0 Å². The molecule has 1 aromatic heterocycles. The third-order valence-corrected chi connectivity index (χ3v) is 2.84. The van der Waals surface area contributed by atoms with Crippen LogP contribution in [0.4, 0.5) is 5.82 Å². The van der Waals surface area contributed by atoms with Gasteiger partial charge in [0.25, 0.3) is 0 Å². The third kappa shape index (κ3) is 5.00. The number of carbonyl (C=O) groups excluding carboxylic acids is 2. The van der Waals surface area contributed by atoms with Crippen LogP contribution >= 0.6 is 0 Å². The molecule has 112 valence electrons. The second kappa shape index (κ2) is 7.64. The van der Waals surface area contributed by atoms with Crippen LogP contribution in [0.1, 0.15) is 31.9 Å². The third-order valence-electron chi connectivity index (χ3n) is 2.84. The van der Waals surface area contributed by atoms with Crippen LogP contribution in [0.2, 0.25) is 0 Å². The number of anilines is 1. The number of nitrogens with zero attached hydrogens (tertiary/aromatic N) is 2. The monoisotopic (exact) mass is 282 g/mol. The molecule has 0 bridgehead atoms. The van der Waals surface area contributed by atoms with E-state index < -0.39 is 6.04 Å². The fraction of sp³-hybridized carbons (Fsp3) is 0.615. The van der Waals surface area contributed by atoms with E-state index in [1.54, 1.807) is 20.0 Å². The van der Waals surface area contributed by atoms with Gasteiger partial charge in [-0.05, 0) is 13.3 Å². The zero-order valence-electron chi connectivity index (χ0n) is 12.2. The Kier molecular flexibility index (Phi) is 6.17. The fourth-order valence-corrected chi connectivity index (χ4v) is 1.73. The maximum Gasteiger partial charge on any atom is 0.245 e. The molecular formula is C13H22N4O3. The first kappa shape index (κ1) is 16.2. The molecule has 0 saturated carbocycles. The standard InChI is InChI=1S/C13H22N4O3/c1-4-5-6-10(14)13(19)17(3)8-12(18)15-11-7-9(2)20-16-11/h7,10H,4-6,8,14H2,1-3H3,(H,15,16,18). The minimum atomic E-state index is -0.554. The number of aryl methyl sites for hydroxylation is 1. The van der Waals surface area contributed by atoms with E-state index in [-0.39, 0.29) is 18.4 Å². The van der Waals surface area contributed by atoms with Crippen molar-refractivity contribution < 1.29 is 14.1 Å². The highest BCUT2D eigenvalue weighted by molar-refractivity contribution is 5.94. The van der Waals surface area contributed by atoms with Crippen LogP contribution in [0.3, 0.4) is 0 Å². The lowest BCUT2D eigenvalue weighted by molar-refractivity contribution is -0.134. The van der Waals surface area contributed by atoms with Crippen molar-refractivity contribution in [2.24, 2.45) is 5.73 Å². The first-order chi connectivity index (χ1) is 9.43. The van der Waals surface area contributed by atoms with Gasteiger partial charge in [0, 0.05) is 13.1 Å². The van der Waals surface area contributed by atoms with Gasteiger partial charge < -0.3 is 20.5 Å². The van der Waals surface area contributed by atoms with Crippen molar-refractivity contribution in [2.75, 3.05) is 18.9 Å². The van der Waals surface area contributed by atoms with E-state index in [0.29, 0.717) is 18.0 Å². The minimum Gasteiger partial charge on any atom is -0.360 e. The summed E-state index contributed by atoms with van der Waals surface area (Å²) >= 11 is 0. The molecule has 0 spiro atoms. The van der Waals surface area contributed by atoms with Crippen LogP contribution in [0.25, 0.3) is 0 Å². The Morgan fingerprint density at radius 1 is 1.55 bits per heavy atom. The van der Waals surface area contributed by atoms with Crippen LogP contribution in [-0.4, -0.2) is 41.5 Å². The van der Waals surface area contributed by atoms with Gasteiger partial charge in [-0.15, -0.1) is 0 Å². The Hall–Kier alpha value is -1.89. The maximum absolute atomic E-state index is 11.9. The summed E-state index contributed by atoms with van der Waals surface area (Å²) in [5.41, 5.74) is 5.79. The van der Waals surface area contributed by atoms with Crippen LogP contribution in [0.5, 0.6) is 0 Å². The average molecular weight is 282 g/mol. The van der Waals surface area contributed by atoms with Gasteiger partial charge in [0.15, 0.2) is 5.82 Å². The molecule has 0 aliphatic heterocycles. The predicted molar refractivity (Wildman–Crippen MR) is 75.0 cm³/mol. The van der Waals surface area contributed by atoms with Gasteiger partial charge >= 0.3 is 0 Å². The summed E-state index contributed by atoms with van der Waals surface area (Å²) in [5.74, 6) is 0.372. The zero-order valence-corrected chi connectivity index (χ0v) is 12.2. The highest BCUT2D eigenvalue weighted by Crippen LogP contribution is 2.07. The number of nitrogens with two attached hydrogens (primary N) is 1. The second-order valence-electron chi connectivity index (χ2n) is 4.81. The summed E-state index contributed by atoms with van der Waals surface area (Å²) in [5, 5.41) is 6.20. The fourth-order valence-electron chi connectivity index (χ4n) is 1.73. The number of likely N-dealkylation sites (N-methyl/N-ethyl adjacent to an activating group) is 1. The highest BCUT2D eigenvalue weighted by atomic mass is 16.5. The Bertz CT molecular complexity index is 458. The van der Waals surface area contributed by atoms with Crippen molar-refractivity contribution in [1.82, 2.24) is 10.1 Å². The van der Waals surface area contributed by atoms with E-state index in [1.165, 1.54) is 4.90 Å². The SMILES string of the molecule is CCCCC(N)C(=O)N(C)CC(=O)Nc1cc(C)on1. The molecule has 7 heteroatoms. The number of unbranched alkanes of at least 4 members (excludes halogenated alkanes) is 1. The molecule has 1 rings (SSSR count). The first-order valence-corrected chi connectivity index (χ1v) is 6.67. The Morgan fingerprint density at radius 2 is 2.25 bits per heavy atom. The lowest BCUT2D eigenvalue weighted by Crippen LogP contribution is -2.44. The molecule has 1 aromatic rings.